The third-order valence-electron chi connectivity index (χ3n) is 3.79. The summed E-state index contributed by atoms with van der Waals surface area (Å²) >= 11 is 1.36. The van der Waals surface area contributed by atoms with E-state index in [4.69, 9.17) is 0 Å². The number of likely N-dealkylation sites (tertiary alicyclic amines) is 1. The summed E-state index contributed by atoms with van der Waals surface area (Å²) in [5.74, 6) is -1.22. The second-order valence-corrected chi connectivity index (χ2v) is 6.73. The minimum absolute atomic E-state index is 0.110. The minimum Gasteiger partial charge on any atom is -0.342 e. The first-order valence-corrected chi connectivity index (χ1v) is 8.47. The topological polar surface area (TPSA) is 20.3 Å². The molecular formula is C16H21F2NOS. The number of thioether (sulfide) groups is 1. The minimum atomic E-state index is -0.834. The fourth-order valence-corrected chi connectivity index (χ4v) is 3.44. The van der Waals surface area contributed by atoms with Crippen molar-refractivity contribution in [3.63, 3.8) is 0 Å². The summed E-state index contributed by atoms with van der Waals surface area (Å²) in [6.45, 7) is 3.48. The highest BCUT2D eigenvalue weighted by molar-refractivity contribution is 7.99. The Morgan fingerprint density at radius 1 is 1.24 bits per heavy atom. The highest BCUT2D eigenvalue weighted by Crippen LogP contribution is 2.23. The lowest BCUT2D eigenvalue weighted by Crippen LogP contribution is -2.37. The van der Waals surface area contributed by atoms with Crippen molar-refractivity contribution in [2.24, 2.45) is 0 Å². The van der Waals surface area contributed by atoms with Crippen molar-refractivity contribution in [3.05, 3.63) is 35.4 Å². The summed E-state index contributed by atoms with van der Waals surface area (Å²) in [7, 11) is 0. The maximum absolute atomic E-state index is 13.6. The number of nitrogens with zero attached hydrogens (tertiary/aromatic N) is 1. The second-order valence-electron chi connectivity index (χ2n) is 5.41. The number of benzene rings is 1. The van der Waals surface area contributed by atoms with E-state index >= 15 is 0 Å². The molecule has 0 aromatic heterocycles. The van der Waals surface area contributed by atoms with Crippen molar-refractivity contribution < 1.29 is 13.6 Å². The summed E-state index contributed by atoms with van der Waals surface area (Å²) in [5.41, 5.74) is 0.315. The van der Waals surface area contributed by atoms with E-state index in [1.807, 2.05) is 11.8 Å². The molecule has 1 aromatic carbocycles. The molecule has 0 bridgehead atoms. The molecule has 2 nitrogen and oxygen atoms in total. The van der Waals surface area contributed by atoms with Crippen molar-refractivity contribution in [2.45, 2.75) is 43.6 Å². The summed E-state index contributed by atoms with van der Waals surface area (Å²) in [5, 5.41) is -0.231. The first kappa shape index (κ1) is 16.3. The van der Waals surface area contributed by atoms with Gasteiger partial charge in [-0.25, -0.2) is 8.78 Å². The van der Waals surface area contributed by atoms with E-state index in [9.17, 15) is 13.6 Å². The number of carbonyl (C=O) groups excluding carboxylic acids is 1. The van der Waals surface area contributed by atoms with Crippen molar-refractivity contribution >= 4 is 17.7 Å². The lowest BCUT2D eigenvalue weighted by atomic mass is 10.2. The zero-order chi connectivity index (χ0) is 15.2. The van der Waals surface area contributed by atoms with Gasteiger partial charge in [0.25, 0.3) is 0 Å². The van der Waals surface area contributed by atoms with Crippen LogP contribution in [0.4, 0.5) is 8.78 Å². The van der Waals surface area contributed by atoms with E-state index in [0.717, 1.165) is 32.0 Å². The molecule has 1 saturated heterocycles. The Labute approximate surface area is 128 Å². The lowest BCUT2D eigenvalue weighted by molar-refractivity contribution is -0.130. The monoisotopic (exact) mass is 313 g/mol. The van der Waals surface area contributed by atoms with Crippen LogP contribution in [0.2, 0.25) is 0 Å². The predicted molar refractivity (Wildman–Crippen MR) is 82.2 cm³/mol. The van der Waals surface area contributed by atoms with Crippen LogP contribution < -0.4 is 0 Å². The highest BCUT2D eigenvalue weighted by atomic mass is 32.2. The van der Waals surface area contributed by atoms with Gasteiger partial charge in [0.1, 0.15) is 0 Å². The molecule has 1 aromatic rings. The lowest BCUT2D eigenvalue weighted by Gasteiger charge is -2.23. The number of rotatable bonds is 4. The molecule has 0 radical (unpaired) electrons. The Kier molecular flexibility index (Phi) is 6.03. The maximum Gasteiger partial charge on any atom is 0.235 e. The molecule has 1 aliphatic rings. The van der Waals surface area contributed by atoms with Crippen LogP contribution in [0.25, 0.3) is 0 Å². The summed E-state index contributed by atoms with van der Waals surface area (Å²) < 4.78 is 26.7. The van der Waals surface area contributed by atoms with Gasteiger partial charge in [0, 0.05) is 24.4 Å². The van der Waals surface area contributed by atoms with Crippen LogP contribution >= 0.6 is 11.8 Å². The smallest absolute Gasteiger partial charge is 0.235 e. The molecule has 1 unspecified atom stereocenters. The second kappa shape index (κ2) is 7.78. The van der Waals surface area contributed by atoms with E-state index < -0.39 is 11.6 Å². The molecule has 116 valence electrons. The van der Waals surface area contributed by atoms with Crippen LogP contribution in [0.15, 0.2) is 18.2 Å². The van der Waals surface area contributed by atoms with Crippen molar-refractivity contribution in [3.8, 4) is 0 Å². The molecular weight excluding hydrogens is 292 g/mol. The van der Waals surface area contributed by atoms with Crippen molar-refractivity contribution in [1.82, 2.24) is 4.90 Å². The quantitative estimate of drug-likeness (QED) is 0.838. The van der Waals surface area contributed by atoms with Gasteiger partial charge < -0.3 is 4.90 Å². The molecule has 5 heteroatoms. The Bertz CT molecular complexity index is 487. The van der Waals surface area contributed by atoms with Gasteiger partial charge in [-0.2, -0.15) is 0 Å². The Morgan fingerprint density at radius 3 is 2.57 bits per heavy atom. The normalized spacial score (nSPS) is 17.4. The maximum atomic E-state index is 13.6. The van der Waals surface area contributed by atoms with E-state index in [-0.39, 0.29) is 11.2 Å². The van der Waals surface area contributed by atoms with Gasteiger partial charge in [0.05, 0.1) is 5.25 Å². The van der Waals surface area contributed by atoms with Gasteiger partial charge in [-0.05, 0) is 25.8 Å². The Balaban J connectivity index is 1.90. The van der Waals surface area contributed by atoms with Crippen LogP contribution in [-0.2, 0) is 10.5 Å². The van der Waals surface area contributed by atoms with Crippen LogP contribution in [0.1, 0.15) is 38.2 Å². The number of amides is 1. The SMILES string of the molecule is CC(SCc1cccc(F)c1F)C(=O)N1CCCCCC1. The molecule has 0 saturated carbocycles. The number of halogens is 2. The third-order valence-corrected chi connectivity index (χ3v) is 4.97. The van der Waals surface area contributed by atoms with Crippen LogP contribution in [0.5, 0.6) is 0 Å². The van der Waals surface area contributed by atoms with E-state index in [2.05, 4.69) is 0 Å². The molecule has 0 spiro atoms. The highest BCUT2D eigenvalue weighted by Gasteiger charge is 2.22. The van der Waals surface area contributed by atoms with Crippen molar-refractivity contribution in [1.29, 1.82) is 0 Å². The van der Waals surface area contributed by atoms with Crippen molar-refractivity contribution in [2.75, 3.05) is 13.1 Å². The van der Waals surface area contributed by atoms with Crippen LogP contribution in [0, 0.1) is 11.6 Å². The first-order chi connectivity index (χ1) is 10.1. The van der Waals surface area contributed by atoms with Gasteiger partial charge in [-0.15, -0.1) is 11.8 Å². The molecule has 1 atom stereocenters. The fraction of sp³-hybridized carbons (Fsp3) is 0.562. The van der Waals surface area contributed by atoms with Crippen LogP contribution in [0.3, 0.4) is 0 Å². The molecule has 0 N–H and O–H groups in total. The van der Waals surface area contributed by atoms with Gasteiger partial charge in [-0.1, -0.05) is 25.0 Å². The molecule has 2 rings (SSSR count). The van der Waals surface area contributed by atoms with Gasteiger partial charge >= 0.3 is 0 Å². The summed E-state index contributed by atoms with van der Waals surface area (Å²) in [4.78, 5) is 14.3. The molecule has 0 aliphatic carbocycles. The molecule has 1 amide bonds. The summed E-state index contributed by atoms with van der Waals surface area (Å²) in [6, 6.07) is 4.17. The number of hydrogen-bond donors (Lipinski definition) is 0. The third kappa shape index (κ3) is 4.43. The number of carbonyl (C=O) groups is 1. The summed E-state index contributed by atoms with van der Waals surface area (Å²) in [6.07, 6.45) is 4.48. The van der Waals surface area contributed by atoms with E-state index in [0.29, 0.717) is 11.3 Å². The zero-order valence-electron chi connectivity index (χ0n) is 12.3. The van der Waals surface area contributed by atoms with Crippen LogP contribution in [-0.4, -0.2) is 29.1 Å². The van der Waals surface area contributed by atoms with E-state index in [1.165, 1.54) is 30.7 Å². The largest absolute Gasteiger partial charge is 0.342 e. The van der Waals surface area contributed by atoms with Gasteiger partial charge in [-0.3, -0.25) is 4.79 Å². The van der Waals surface area contributed by atoms with Gasteiger partial charge in [0.15, 0.2) is 11.6 Å². The fourth-order valence-electron chi connectivity index (χ4n) is 2.49. The molecule has 21 heavy (non-hydrogen) atoms. The predicted octanol–water partition coefficient (Wildman–Crippen LogP) is 3.99. The zero-order valence-corrected chi connectivity index (χ0v) is 13.1. The molecule has 1 heterocycles. The standard InChI is InChI=1S/C16H21F2NOS/c1-12(16(20)19-9-4-2-3-5-10-19)21-11-13-7-6-8-14(17)15(13)18/h6-8,12H,2-5,9-11H2,1H3. The Morgan fingerprint density at radius 2 is 1.90 bits per heavy atom. The molecule has 1 fully saturated rings. The van der Waals surface area contributed by atoms with Gasteiger partial charge in [0.2, 0.25) is 5.91 Å². The molecule has 1 aliphatic heterocycles. The van der Waals surface area contributed by atoms with E-state index in [1.54, 1.807) is 6.07 Å². The first-order valence-electron chi connectivity index (χ1n) is 7.43. The average Bonchev–Trinajstić information content (AvgIpc) is 2.76. The average molecular weight is 313 g/mol. The Hall–Kier alpha value is -1.10. The number of hydrogen-bond acceptors (Lipinski definition) is 2.